The minimum Gasteiger partial charge on any atom is -0.381 e. The first-order chi connectivity index (χ1) is 9.08. The molecule has 0 radical (unpaired) electrons. The van der Waals surface area contributed by atoms with Crippen molar-refractivity contribution in [1.82, 2.24) is 0 Å². The summed E-state index contributed by atoms with van der Waals surface area (Å²) in [6.07, 6.45) is 6.50. The van der Waals surface area contributed by atoms with Gasteiger partial charge in [-0.25, -0.2) is 0 Å². The molecule has 3 nitrogen and oxygen atoms in total. The Kier molecular flexibility index (Phi) is 4.70. The van der Waals surface area contributed by atoms with E-state index in [1.807, 2.05) is 0 Å². The normalized spacial score (nSPS) is 18.0. The summed E-state index contributed by atoms with van der Waals surface area (Å²) in [7, 11) is 0. The van der Waals surface area contributed by atoms with Gasteiger partial charge in [0.05, 0.1) is 10.7 Å². The minimum atomic E-state index is -0.426. The number of primary amides is 1. The molecule has 1 atom stereocenters. The van der Waals surface area contributed by atoms with Crippen LogP contribution in [-0.4, -0.2) is 11.9 Å². The van der Waals surface area contributed by atoms with Gasteiger partial charge in [-0.2, -0.15) is 0 Å². The zero-order valence-electron chi connectivity index (χ0n) is 11.3. The lowest BCUT2D eigenvalue weighted by atomic mass is 9.84. The Bertz CT molecular complexity index is 455. The van der Waals surface area contributed by atoms with Gasteiger partial charge in [0.15, 0.2) is 0 Å². The van der Waals surface area contributed by atoms with Gasteiger partial charge in [-0.1, -0.05) is 30.9 Å². The number of carbonyl (C=O) groups excluding carboxylic acids is 1. The van der Waals surface area contributed by atoms with Crippen LogP contribution in [0.1, 0.15) is 49.4 Å². The van der Waals surface area contributed by atoms with Gasteiger partial charge < -0.3 is 11.1 Å². The molecular weight excluding hydrogens is 260 g/mol. The maximum Gasteiger partial charge on any atom is 0.248 e. The molecule has 1 unspecified atom stereocenters. The third-order valence-corrected chi connectivity index (χ3v) is 4.32. The molecule has 0 heterocycles. The van der Waals surface area contributed by atoms with Crippen molar-refractivity contribution in [3.05, 3.63) is 28.8 Å². The van der Waals surface area contributed by atoms with Gasteiger partial charge >= 0.3 is 0 Å². The van der Waals surface area contributed by atoms with Crippen LogP contribution in [0, 0.1) is 5.92 Å². The highest BCUT2D eigenvalue weighted by atomic mass is 35.5. The van der Waals surface area contributed by atoms with Crippen LogP contribution < -0.4 is 11.1 Å². The molecular formula is C15H21ClN2O. The summed E-state index contributed by atoms with van der Waals surface area (Å²) < 4.78 is 0. The Morgan fingerprint density at radius 1 is 1.37 bits per heavy atom. The van der Waals surface area contributed by atoms with Crippen LogP contribution >= 0.6 is 11.6 Å². The van der Waals surface area contributed by atoms with Crippen molar-refractivity contribution < 1.29 is 4.79 Å². The lowest BCUT2D eigenvalue weighted by Crippen LogP contribution is -2.28. The molecule has 104 valence electrons. The smallest absolute Gasteiger partial charge is 0.248 e. The van der Waals surface area contributed by atoms with E-state index in [0.717, 1.165) is 5.69 Å². The van der Waals surface area contributed by atoms with Gasteiger partial charge in [0, 0.05) is 11.6 Å². The standard InChI is InChI=1S/C15H21ClN2O/c1-10(11-5-3-2-4-6-11)18-14-9-12(15(17)19)7-8-13(14)16/h7-11,18H,2-6H2,1H3,(H2,17,19). The van der Waals surface area contributed by atoms with Gasteiger partial charge in [0.1, 0.15) is 0 Å². The number of nitrogens with two attached hydrogens (primary N) is 1. The number of nitrogens with one attached hydrogen (secondary N) is 1. The summed E-state index contributed by atoms with van der Waals surface area (Å²) in [6, 6.07) is 5.48. The lowest BCUT2D eigenvalue weighted by Gasteiger charge is -2.29. The van der Waals surface area contributed by atoms with Gasteiger partial charge in [0.25, 0.3) is 0 Å². The van der Waals surface area contributed by atoms with E-state index in [1.54, 1.807) is 18.2 Å². The van der Waals surface area contributed by atoms with Crippen molar-refractivity contribution in [2.75, 3.05) is 5.32 Å². The second-order valence-corrected chi connectivity index (χ2v) is 5.80. The van der Waals surface area contributed by atoms with Crippen molar-refractivity contribution in [3.8, 4) is 0 Å². The summed E-state index contributed by atoms with van der Waals surface area (Å²) in [5.74, 6) is 0.257. The van der Waals surface area contributed by atoms with E-state index in [4.69, 9.17) is 17.3 Å². The van der Waals surface area contributed by atoms with Crippen LogP contribution in [0.25, 0.3) is 0 Å². The molecule has 1 aliphatic carbocycles. The van der Waals surface area contributed by atoms with E-state index < -0.39 is 5.91 Å². The average Bonchev–Trinajstić information content (AvgIpc) is 2.42. The number of halogens is 1. The maximum atomic E-state index is 11.2. The Labute approximate surface area is 119 Å². The summed E-state index contributed by atoms with van der Waals surface area (Å²) in [5, 5.41) is 4.07. The van der Waals surface area contributed by atoms with Crippen LogP contribution in [0.5, 0.6) is 0 Å². The number of hydrogen-bond acceptors (Lipinski definition) is 2. The monoisotopic (exact) mass is 280 g/mol. The molecule has 1 saturated carbocycles. The molecule has 0 saturated heterocycles. The molecule has 4 heteroatoms. The molecule has 1 aliphatic rings. The highest BCUT2D eigenvalue weighted by molar-refractivity contribution is 6.33. The van der Waals surface area contributed by atoms with Gasteiger partial charge in [-0.15, -0.1) is 0 Å². The van der Waals surface area contributed by atoms with E-state index in [-0.39, 0.29) is 0 Å². The largest absolute Gasteiger partial charge is 0.381 e. The number of anilines is 1. The third-order valence-electron chi connectivity index (χ3n) is 3.99. The second-order valence-electron chi connectivity index (χ2n) is 5.39. The first kappa shape index (κ1) is 14.2. The van der Waals surface area contributed by atoms with Gasteiger partial charge in [-0.3, -0.25) is 4.79 Å². The molecule has 19 heavy (non-hydrogen) atoms. The van der Waals surface area contributed by atoms with Crippen LogP contribution in [0.2, 0.25) is 5.02 Å². The highest BCUT2D eigenvalue weighted by Gasteiger charge is 2.20. The molecule has 0 aliphatic heterocycles. The van der Waals surface area contributed by atoms with Crippen LogP contribution in [0.15, 0.2) is 18.2 Å². The van der Waals surface area contributed by atoms with E-state index in [1.165, 1.54) is 32.1 Å². The SMILES string of the molecule is CC(Nc1cc(C(N)=O)ccc1Cl)C1CCCCC1. The Balaban J connectivity index is 2.08. The summed E-state index contributed by atoms with van der Waals surface area (Å²) in [5.41, 5.74) is 6.59. The quantitative estimate of drug-likeness (QED) is 0.881. The molecule has 1 aromatic rings. The molecule has 0 bridgehead atoms. The van der Waals surface area contributed by atoms with Crippen molar-refractivity contribution in [3.63, 3.8) is 0 Å². The Morgan fingerprint density at radius 3 is 2.68 bits per heavy atom. The summed E-state index contributed by atoms with van der Waals surface area (Å²) >= 11 is 6.17. The molecule has 2 rings (SSSR count). The zero-order chi connectivity index (χ0) is 13.8. The predicted octanol–water partition coefficient (Wildman–Crippen LogP) is 3.82. The third kappa shape index (κ3) is 3.63. The molecule has 1 amide bonds. The number of amides is 1. The van der Waals surface area contributed by atoms with Crippen molar-refractivity contribution in [1.29, 1.82) is 0 Å². The van der Waals surface area contributed by atoms with Crippen molar-refractivity contribution in [2.24, 2.45) is 11.7 Å². The maximum absolute atomic E-state index is 11.2. The Morgan fingerprint density at radius 2 is 2.05 bits per heavy atom. The average molecular weight is 281 g/mol. The fraction of sp³-hybridized carbons (Fsp3) is 0.533. The summed E-state index contributed by atoms with van der Waals surface area (Å²) in [4.78, 5) is 11.2. The first-order valence-electron chi connectivity index (χ1n) is 6.94. The molecule has 3 N–H and O–H groups in total. The van der Waals surface area contributed by atoms with Gasteiger partial charge in [0.2, 0.25) is 5.91 Å². The molecule has 0 aromatic heterocycles. The van der Waals surface area contributed by atoms with E-state index in [9.17, 15) is 4.79 Å². The van der Waals surface area contributed by atoms with E-state index >= 15 is 0 Å². The van der Waals surface area contributed by atoms with Crippen molar-refractivity contribution in [2.45, 2.75) is 45.1 Å². The Hall–Kier alpha value is -1.22. The van der Waals surface area contributed by atoms with Gasteiger partial charge in [-0.05, 0) is 43.9 Å². The number of benzene rings is 1. The number of carbonyl (C=O) groups is 1. The number of rotatable bonds is 4. The second kappa shape index (κ2) is 6.29. The summed E-state index contributed by atoms with van der Waals surface area (Å²) in [6.45, 7) is 2.18. The molecule has 1 fully saturated rings. The fourth-order valence-electron chi connectivity index (χ4n) is 2.79. The van der Waals surface area contributed by atoms with E-state index in [2.05, 4.69) is 12.2 Å². The topological polar surface area (TPSA) is 55.1 Å². The van der Waals surface area contributed by atoms with Crippen LogP contribution in [0.4, 0.5) is 5.69 Å². The fourth-order valence-corrected chi connectivity index (χ4v) is 2.96. The highest BCUT2D eigenvalue weighted by Crippen LogP contribution is 2.30. The molecule has 1 aromatic carbocycles. The first-order valence-corrected chi connectivity index (χ1v) is 7.31. The number of hydrogen-bond donors (Lipinski definition) is 2. The zero-order valence-corrected chi connectivity index (χ0v) is 12.0. The lowest BCUT2D eigenvalue weighted by molar-refractivity contribution is 0.100. The minimum absolute atomic E-state index is 0.362. The van der Waals surface area contributed by atoms with Crippen LogP contribution in [0.3, 0.4) is 0 Å². The molecule has 0 spiro atoms. The predicted molar refractivity (Wildman–Crippen MR) is 79.6 cm³/mol. The van der Waals surface area contributed by atoms with Crippen LogP contribution in [-0.2, 0) is 0 Å². The van der Waals surface area contributed by atoms with Crippen molar-refractivity contribution >= 4 is 23.2 Å². The van der Waals surface area contributed by atoms with E-state index in [0.29, 0.717) is 22.5 Å².